The molecule has 3 aliphatic rings. The van der Waals surface area contributed by atoms with Crippen molar-refractivity contribution in [1.82, 2.24) is 10.6 Å². The van der Waals surface area contributed by atoms with Gasteiger partial charge >= 0.3 is 0 Å². The second-order valence-corrected chi connectivity index (χ2v) is 6.97. The zero-order chi connectivity index (χ0) is 16.4. The lowest BCUT2D eigenvalue weighted by atomic mass is 10.0. The van der Waals surface area contributed by atoms with Crippen LogP contribution in [0.2, 0.25) is 0 Å². The number of nitrogens with one attached hydrogen (secondary N) is 2. The van der Waals surface area contributed by atoms with E-state index in [1.165, 1.54) is 0 Å². The van der Waals surface area contributed by atoms with E-state index in [1.54, 1.807) is 0 Å². The summed E-state index contributed by atoms with van der Waals surface area (Å²) in [5, 5.41) is 25.7. The molecule has 7 heteroatoms. The molecule has 1 aliphatic heterocycles. The fourth-order valence-corrected chi connectivity index (χ4v) is 3.39. The van der Waals surface area contributed by atoms with Crippen LogP contribution >= 0.6 is 0 Å². The van der Waals surface area contributed by atoms with Gasteiger partial charge in [0.25, 0.3) is 0 Å². The van der Waals surface area contributed by atoms with E-state index in [9.17, 15) is 19.8 Å². The maximum Gasteiger partial charge on any atom is 0.223 e. The van der Waals surface area contributed by atoms with Crippen molar-refractivity contribution < 1.29 is 24.5 Å². The minimum absolute atomic E-state index is 0.0114. The predicted octanol–water partition coefficient (Wildman–Crippen LogP) is -0.549. The molecule has 4 N–H and O–H groups in total. The van der Waals surface area contributed by atoms with Gasteiger partial charge in [-0.05, 0) is 25.7 Å². The molecule has 0 aromatic rings. The summed E-state index contributed by atoms with van der Waals surface area (Å²) in [5.41, 5.74) is 0. The molecule has 130 valence electrons. The van der Waals surface area contributed by atoms with E-state index in [2.05, 4.69) is 10.6 Å². The van der Waals surface area contributed by atoms with Crippen LogP contribution in [-0.4, -0.2) is 59.0 Å². The van der Waals surface area contributed by atoms with E-state index in [4.69, 9.17) is 4.74 Å². The Hall–Kier alpha value is -1.18. The molecule has 0 aromatic heterocycles. The topological polar surface area (TPSA) is 108 Å². The van der Waals surface area contributed by atoms with E-state index >= 15 is 0 Å². The third-order valence-electron chi connectivity index (χ3n) is 4.99. The summed E-state index contributed by atoms with van der Waals surface area (Å²) < 4.78 is 5.60. The molecule has 3 fully saturated rings. The summed E-state index contributed by atoms with van der Waals surface area (Å²) in [7, 11) is 0. The van der Waals surface area contributed by atoms with E-state index in [-0.39, 0.29) is 36.7 Å². The van der Waals surface area contributed by atoms with Crippen molar-refractivity contribution in [3.8, 4) is 0 Å². The monoisotopic (exact) mass is 326 g/mol. The molecule has 0 radical (unpaired) electrons. The number of hydrogen-bond donors (Lipinski definition) is 4. The van der Waals surface area contributed by atoms with Crippen LogP contribution in [0.5, 0.6) is 0 Å². The molecule has 2 aliphatic carbocycles. The van der Waals surface area contributed by atoms with Crippen molar-refractivity contribution >= 4 is 11.8 Å². The molecule has 4 unspecified atom stereocenters. The minimum Gasteiger partial charge on any atom is -0.388 e. The Morgan fingerprint density at radius 3 is 2.30 bits per heavy atom. The Morgan fingerprint density at radius 2 is 1.65 bits per heavy atom. The van der Waals surface area contributed by atoms with Gasteiger partial charge in [-0.15, -0.1) is 0 Å². The fourth-order valence-electron chi connectivity index (χ4n) is 3.39. The summed E-state index contributed by atoms with van der Waals surface area (Å²) in [4.78, 5) is 23.8. The van der Waals surface area contributed by atoms with Crippen LogP contribution in [0.1, 0.15) is 44.9 Å². The van der Waals surface area contributed by atoms with E-state index < -0.39 is 24.4 Å². The summed E-state index contributed by atoms with van der Waals surface area (Å²) in [6.45, 7) is 0.161. The van der Waals surface area contributed by atoms with Gasteiger partial charge in [-0.25, -0.2) is 0 Å². The van der Waals surface area contributed by atoms with Crippen LogP contribution in [0.4, 0.5) is 0 Å². The van der Waals surface area contributed by atoms with Gasteiger partial charge < -0.3 is 25.6 Å². The van der Waals surface area contributed by atoms with Crippen LogP contribution in [0.15, 0.2) is 0 Å². The lowest BCUT2D eigenvalue weighted by molar-refractivity contribution is -0.127. The van der Waals surface area contributed by atoms with Crippen molar-refractivity contribution in [2.45, 2.75) is 75.4 Å². The van der Waals surface area contributed by atoms with Crippen LogP contribution in [0.3, 0.4) is 0 Å². The van der Waals surface area contributed by atoms with Gasteiger partial charge in [0.2, 0.25) is 11.8 Å². The Kier molecular flexibility index (Phi) is 5.18. The Bertz CT molecular complexity index is 448. The smallest absolute Gasteiger partial charge is 0.223 e. The second-order valence-electron chi connectivity index (χ2n) is 6.97. The number of aliphatic hydroxyl groups is 2. The van der Waals surface area contributed by atoms with Crippen molar-refractivity contribution in [3.05, 3.63) is 0 Å². The van der Waals surface area contributed by atoms with Gasteiger partial charge in [0.15, 0.2) is 0 Å². The highest BCUT2D eigenvalue weighted by Gasteiger charge is 2.43. The fraction of sp³-hybridized carbons (Fsp3) is 0.875. The third kappa shape index (κ3) is 4.22. The molecule has 1 saturated heterocycles. The van der Waals surface area contributed by atoms with Gasteiger partial charge in [0.05, 0.1) is 12.5 Å². The SMILES string of the molecule is O=C(CC1OC(CNC(=O)C2CCCC2)C(O)C1O)NC1CC1. The Morgan fingerprint density at radius 1 is 1.00 bits per heavy atom. The second kappa shape index (κ2) is 7.15. The first-order valence-corrected chi connectivity index (χ1v) is 8.63. The molecule has 1 heterocycles. The number of aliphatic hydroxyl groups excluding tert-OH is 2. The highest BCUT2D eigenvalue weighted by atomic mass is 16.5. The summed E-state index contributed by atoms with van der Waals surface area (Å²) >= 11 is 0. The average Bonchev–Trinajstić information content (AvgIpc) is 3.08. The molecule has 2 amide bonds. The van der Waals surface area contributed by atoms with Crippen molar-refractivity contribution in [1.29, 1.82) is 0 Å². The molecular formula is C16H26N2O5. The van der Waals surface area contributed by atoms with Gasteiger partial charge in [0.1, 0.15) is 18.3 Å². The lowest BCUT2D eigenvalue weighted by Crippen LogP contribution is -2.41. The molecular weight excluding hydrogens is 300 g/mol. The first-order chi connectivity index (χ1) is 11.0. The van der Waals surface area contributed by atoms with Gasteiger partial charge in [-0.3, -0.25) is 9.59 Å². The molecule has 4 atom stereocenters. The maximum absolute atomic E-state index is 12.0. The van der Waals surface area contributed by atoms with Crippen molar-refractivity contribution in [2.75, 3.05) is 6.54 Å². The van der Waals surface area contributed by atoms with Crippen LogP contribution in [0, 0.1) is 5.92 Å². The van der Waals surface area contributed by atoms with Crippen LogP contribution in [-0.2, 0) is 14.3 Å². The largest absolute Gasteiger partial charge is 0.388 e. The average molecular weight is 326 g/mol. The molecule has 7 nitrogen and oxygen atoms in total. The van der Waals surface area contributed by atoms with E-state index in [1.807, 2.05) is 0 Å². The number of amides is 2. The van der Waals surface area contributed by atoms with Crippen LogP contribution in [0.25, 0.3) is 0 Å². The Labute approximate surface area is 135 Å². The lowest BCUT2D eigenvalue weighted by Gasteiger charge is -2.17. The summed E-state index contributed by atoms with van der Waals surface area (Å²) in [5.74, 6) is -0.124. The number of rotatable bonds is 6. The highest BCUT2D eigenvalue weighted by molar-refractivity contribution is 5.79. The van der Waals surface area contributed by atoms with E-state index in [0.717, 1.165) is 38.5 Å². The summed E-state index contributed by atoms with van der Waals surface area (Å²) in [6.07, 6.45) is 2.42. The molecule has 0 spiro atoms. The first-order valence-electron chi connectivity index (χ1n) is 8.63. The predicted molar refractivity (Wildman–Crippen MR) is 81.4 cm³/mol. The van der Waals surface area contributed by atoms with Crippen molar-refractivity contribution in [3.63, 3.8) is 0 Å². The molecule has 0 aromatic carbocycles. The van der Waals surface area contributed by atoms with Crippen molar-refractivity contribution in [2.24, 2.45) is 5.92 Å². The number of ether oxygens (including phenoxy) is 1. The Balaban J connectivity index is 1.44. The molecule has 3 rings (SSSR count). The normalized spacial score (nSPS) is 34.5. The number of carbonyl (C=O) groups excluding carboxylic acids is 2. The minimum atomic E-state index is -1.10. The zero-order valence-corrected chi connectivity index (χ0v) is 13.2. The van der Waals surface area contributed by atoms with Crippen LogP contribution < -0.4 is 10.6 Å². The van der Waals surface area contributed by atoms with Gasteiger partial charge in [-0.1, -0.05) is 12.8 Å². The molecule has 23 heavy (non-hydrogen) atoms. The highest BCUT2D eigenvalue weighted by Crippen LogP contribution is 2.26. The van der Waals surface area contributed by atoms with E-state index in [0.29, 0.717) is 0 Å². The van der Waals surface area contributed by atoms with Gasteiger partial charge in [0, 0.05) is 18.5 Å². The number of hydrogen-bond acceptors (Lipinski definition) is 5. The molecule has 2 saturated carbocycles. The molecule has 0 bridgehead atoms. The quantitative estimate of drug-likeness (QED) is 0.524. The standard InChI is InChI=1S/C16H26N2O5/c19-13(18-10-5-6-10)7-11-14(20)15(21)12(23-11)8-17-16(22)9-3-1-2-4-9/h9-12,14-15,20-21H,1-8H2,(H,17,22)(H,18,19). The zero-order valence-electron chi connectivity index (χ0n) is 13.2. The summed E-state index contributed by atoms with van der Waals surface area (Å²) in [6, 6.07) is 0.257. The third-order valence-corrected chi connectivity index (χ3v) is 4.99. The number of carbonyl (C=O) groups is 2. The maximum atomic E-state index is 12.0. The van der Waals surface area contributed by atoms with Gasteiger partial charge in [-0.2, -0.15) is 0 Å². The first kappa shape index (κ1) is 16.7.